The van der Waals surface area contributed by atoms with Gasteiger partial charge in [0.05, 0.1) is 0 Å². The topological polar surface area (TPSA) is 35.6 Å². The quantitative estimate of drug-likeness (QED) is 0.829. The Balaban J connectivity index is 1.37. The molecular weight excluding hydrogens is 310 g/mol. The fraction of sp³-hybridized carbons (Fsp3) is 0.571. The van der Waals surface area contributed by atoms with Crippen LogP contribution in [0.25, 0.3) is 0 Å². The van der Waals surface area contributed by atoms with Crippen LogP contribution in [0.3, 0.4) is 0 Å². The Bertz CT molecular complexity index is 603. The summed E-state index contributed by atoms with van der Waals surface area (Å²) < 4.78 is 0. The molecule has 136 valence electrons. The molecular formula is C21H31N3O. The summed E-state index contributed by atoms with van der Waals surface area (Å²) in [7, 11) is 0. The summed E-state index contributed by atoms with van der Waals surface area (Å²) >= 11 is 0. The molecule has 0 radical (unpaired) electrons. The fourth-order valence-corrected chi connectivity index (χ4v) is 3.71. The molecule has 4 nitrogen and oxygen atoms in total. The predicted octanol–water partition coefficient (Wildman–Crippen LogP) is 3.71. The number of nitrogens with one attached hydrogen (secondary N) is 1. The minimum Gasteiger partial charge on any atom is -0.338 e. The Morgan fingerprint density at radius 1 is 1.12 bits per heavy atom. The van der Waals surface area contributed by atoms with Crippen molar-refractivity contribution in [1.29, 1.82) is 0 Å². The van der Waals surface area contributed by atoms with E-state index < -0.39 is 0 Å². The van der Waals surface area contributed by atoms with E-state index in [0.29, 0.717) is 0 Å². The number of rotatable bonds is 5. The van der Waals surface area contributed by atoms with Gasteiger partial charge in [-0.25, -0.2) is 4.79 Å². The Labute approximate surface area is 151 Å². The predicted molar refractivity (Wildman–Crippen MR) is 103 cm³/mol. The number of aryl methyl sites for hydroxylation is 1. The van der Waals surface area contributed by atoms with Crippen molar-refractivity contribution in [3.05, 3.63) is 47.0 Å². The molecule has 0 unspecified atom stereocenters. The molecule has 1 fully saturated rings. The molecule has 25 heavy (non-hydrogen) atoms. The lowest BCUT2D eigenvalue weighted by Gasteiger charge is -2.35. The van der Waals surface area contributed by atoms with Crippen molar-refractivity contribution < 1.29 is 4.79 Å². The SMILES string of the molecule is Cc1ccccc1CN1CCN(C(=O)NCCC2=CCCCC2)CC1. The van der Waals surface area contributed by atoms with Gasteiger partial charge >= 0.3 is 6.03 Å². The standard InChI is InChI=1S/C21H31N3O/c1-18-7-5-6-10-20(18)17-23-13-15-24(16-14-23)21(25)22-12-11-19-8-3-2-4-9-19/h5-8,10H,2-4,9,11-17H2,1H3,(H,22,25). The van der Waals surface area contributed by atoms with E-state index in [1.54, 1.807) is 0 Å². The second-order valence-electron chi connectivity index (χ2n) is 7.28. The zero-order valence-electron chi connectivity index (χ0n) is 15.5. The fourth-order valence-electron chi connectivity index (χ4n) is 3.71. The van der Waals surface area contributed by atoms with Gasteiger partial charge in [-0.2, -0.15) is 0 Å². The average molecular weight is 341 g/mol. The molecule has 0 spiro atoms. The van der Waals surface area contributed by atoms with Crippen LogP contribution in [-0.2, 0) is 6.54 Å². The second-order valence-corrected chi connectivity index (χ2v) is 7.28. The molecule has 0 bridgehead atoms. The van der Waals surface area contributed by atoms with Gasteiger partial charge in [-0.1, -0.05) is 35.9 Å². The number of benzene rings is 1. The number of carbonyl (C=O) groups is 1. The van der Waals surface area contributed by atoms with Crippen LogP contribution in [0.5, 0.6) is 0 Å². The van der Waals surface area contributed by atoms with Gasteiger partial charge in [-0.3, -0.25) is 4.90 Å². The van der Waals surface area contributed by atoms with Gasteiger partial charge in [-0.15, -0.1) is 0 Å². The molecule has 2 amide bonds. The van der Waals surface area contributed by atoms with Crippen LogP contribution in [-0.4, -0.2) is 48.6 Å². The molecule has 2 aliphatic rings. The number of amides is 2. The van der Waals surface area contributed by atoms with Crippen molar-refractivity contribution in [1.82, 2.24) is 15.1 Å². The molecule has 3 rings (SSSR count). The number of hydrogen-bond donors (Lipinski definition) is 1. The minimum absolute atomic E-state index is 0.104. The lowest BCUT2D eigenvalue weighted by Crippen LogP contribution is -2.51. The summed E-state index contributed by atoms with van der Waals surface area (Å²) in [5.41, 5.74) is 4.26. The first-order chi connectivity index (χ1) is 12.2. The highest BCUT2D eigenvalue weighted by Crippen LogP contribution is 2.19. The van der Waals surface area contributed by atoms with Gasteiger partial charge in [0.25, 0.3) is 0 Å². The zero-order valence-corrected chi connectivity index (χ0v) is 15.5. The third kappa shape index (κ3) is 5.33. The van der Waals surface area contributed by atoms with Gasteiger partial charge < -0.3 is 10.2 Å². The van der Waals surface area contributed by atoms with Gasteiger partial charge in [-0.05, 0) is 50.2 Å². The first-order valence-corrected chi connectivity index (χ1v) is 9.70. The highest BCUT2D eigenvalue weighted by atomic mass is 16.2. The summed E-state index contributed by atoms with van der Waals surface area (Å²) in [4.78, 5) is 16.7. The molecule has 1 aromatic rings. The molecule has 1 saturated heterocycles. The molecule has 0 aromatic heterocycles. The number of piperazine rings is 1. The van der Waals surface area contributed by atoms with Crippen LogP contribution in [0.2, 0.25) is 0 Å². The third-order valence-electron chi connectivity index (χ3n) is 5.42. The van der Waals surface area contributed by atoms with Crippen LogP contribution in [0.15, 0.2) is 35.9 Å². The smallest absolute Gasteiger partial charge is 0.317 e. The number of urea groups is 1. The normalized spacial score (nSPS) is 18.8. The van der Waals surface area contributed by atoms with E-state index in [9.17, 15) is 4.79 Å². The number of carbonyl (C=O) groups excluding carboxylic acids is 1. The first-order valence-electron chi connectivity index (χ1n) is 9.70. The molecule has 1 aliphatic heterocycles. The van der Waals surface area contributed by atoms with Crippen LogP contribution >= 0.6 is 0 Å². The van der Waals surface area contributed by atoms with E-state index in [-0.39, 0.29) is 6.03 Å². The van der Waals surface area contributed by atoms with E-state index in [1.165, 1.54) is 42.4 Å². The van der Waals surface area contributed by atoms with Gasteiger partial charge in [0.15, 0.2) is 0 Å². The minimum atomic E-state index is 0.104. The molecule has 1 heterocycles. The first kappa shape index (κ1) is 18.0. The van der Waals surface area contributed by atoms with Crippen molar-refractivity contribution in [3.63, 3.8) is 0 Å². The van der Waals surface area contributed by atoms with E-state index in [4.69, 9.17) is 0 Å². The lowest BCUT2D eigenvalue weighted by molar-refractivity contribution is 0.135. The van der Waals surface area contributed by atoms with Gasteiger partial charge in [0.1, 0.15) is 0 Å². The average Bonchev–Trinajstić information content (AvgIpc) is 2.65. The van der Waals surface area contributed by atoms with Crippen molar-refractivity contribution in [2.75, 3.05) is 32.7 Å². The zero-order chi connectivity index (χ0) is 17.5. The van der Waals surface area contributed by atoms with Crippen LogP contribution in [0.4, 0.5) is 4.79 Å². The summed E-state index contributed by atoms with van der Waals surface area (Å²) in [5.74, 6) is 0. The molecule has 0 atom stereocenters. The summed E-state index contributed by atoms with van der Waals surface area (Å²) in [6.07, 6.45) is 8.43. The van der Waals surface area contributed by atoms with Crippen LogP contribution in [0.1, 0.15) is 43.2 Å². The second kappa shape index (κ2) is 9.04. The van der Waals surface area contributed by atoms with E-state index in [0.717, 1.165) is 45.7 Å². The van der Waals surface area contributed by atoms with Crippen molar-refractivity contribution in [2.24, 2.45) is 0 Å². The van der Waals surface area contributed by atoms with Gasteiger partial charge in [0.2, 0.25) is 0 Å². The number of hydrogen-bond acceptors (Lipinski definition) is 2. The highest BCUT2D eigenvalue weighted by Gasteiger charge is 2.21. The van der Waals surface area contributed by atoms with Crippen LogP contribution in [0, 0.1) is 6.92 Å². The Kier molecular flexibility index (Phi) is 6.51. The maximum absolute atomic E-state index is 12.3. The Hall–Kier alpha value is -1.81. The molecule has 4 heteroatoms. The van der Waals surface area contributed by atoms with Crippen molar-refractivity contribution >= 4 is 6.03 Å². The summed E-state index contributed by atoms with van der Waals surface area (Å²) in [6, 6.07) is 8.67. The maximum atomic E-state index is 12.3. The maximum Gasteiger partial charge on any atom is 0.317 e. The third-order valence-corrected chi connectivity index (χ3v) is 5.42. The van der Waals surface area contributed by atoms with E-state index in [2.05, 4.69) is 47.5 Å². The molecule has 1 aromatic carbocycles. The lowest BCUT2D eigenvalue weighted by atomic mass is 9.97. The molecule has 1 aliphatic carbocycles. The highest BCUT2D eigenvalue weighted by molar-refractivity contribution is 5.74. The van der Waals surface area contributed by atoms with Gasteiger partial charge in [0, 0.05) is 39.3 Å². The van der Waals surface area contributed by atoms with Crippen molar-refractivity contribution in [3.8, 4) is 0 Å². The molecule has 1 N–H and O–H groups in total. The Morgan fingerprint density at radius 3 is 2.64 bits per heavy atom. The number of nitrogens with zero attached hydrogens (tertiary/aromatic N) is 2. The van der Waals surface area contributed by atoms with Crippen LogP contribution < -0.4 is 5.32 Å². The summed E-state index contributed by atoms with van der Waals surface area (Å²) in [6.45, 7) is 7.46. The van der Waals surface area contributed by atoms with E-state index >= 15 is 0 Å². The molecule has 0 saturated carbocycles. The summed E-state index contributed by atoms with van der Waals surface area (Å²) in [5, 5.41) is 3.10. The largest absolute Gasteiger partial charge is 0.338 e. The van der Waals surface area contributed by atoms with E-state index in [1.807, 2.05) is 4.90 Å². The monoisotopic (exact) mass is 341 g/mol. The Morgan fingerprint density at radius 2 is 1.92 bits per heavy atom. The number of allylic oxidation sites excluding steroid dienone is 1. The van der Waals surface area contributed by atoms with Crippen molar-refractivity contribution in [2.45, 2.75) is 45.6 Å².